The number of nitrogens with zero attached hydrogens (tertiary/aromatic N) is 2. The van der Waals surface area contributed by atoms with Gasteiger partial charge in [-0.05, 0) is 56.0 Å². The zero-order chi connectivity index (χ0) is 23.7. The number of carbonyl (C=O) groups excluding carboxylic acids is 2. The summed E-state index contributed by atoms with van der Waals surface area (Å²) < 4.78 is 7.08. The molecule has 0 saturated carbocycles. The second kappa shape index (κ2) is 9.40. The van der Waals surface area contributed by atoms with Crippen molar-refractivity contribution >= 4 is 45.5 Å². The van der Waals surface area contributed by atoms with Crippen LogP contribution in [0.25, 0.3) is 4.96 Å². The molecule has 2 aromatic heterocycles. The molecule has 0 spiro atoms. The maximum Gasteiger partial charge on any atom is 0.338 e. The molecule has 0 fully saturated rings. The van der Waals surface area contributed by atoms with Crippen LogP contribution >= 0.6 is 22.9 Å². The minimum Gasteiger partial charge on any atom is -0.456 e. The number of anilines is 1. The summed E-state index contributed by atoms with van der Waals surface area (Å²) in [4.78, 5) is 44.2. The molecule has 0 bridgehead atoms. The van der Waals surface area contributed by atoms with E-state index in [0.717, 1.165) is 31.4 Å². The molecule has 34 heavy (non-hydrogen) atoms. The smallest absolute Gasteiger partial charge is 0.338 e. The molecule has 1 aliphatic rings. The lowest BCUT2D eigenvalue weighted by Gasteiger charge is -2.10. The van der Waals surface area contributed by atoms with Crippen molar-refractivity contribution in [1.29, 1.82) is 0 Å². The number of hydrogen-bond donors (Lipinski definition) is 1. The van der Waals surface area contributed by atoms with E-state index < -0.39 is 5.97 Å². The van der Waals surface area contributed by atoms with E-state index in [-0.39, 0.29) is 23.6 Å². The van der Waals surface area contributed by atoms with Gasteiger partial charge in [0.2, 0.25) is 0 Å². The normalized spacial score (nSPS) is 12.9. The van der Waals surface area contributed by atoms with E-state index in [1.54, 1.807) is 46.9 Å². The molecular weight excluding hydrogens is 474 g/mol. The van der Waals surface area contributed by atoms with Gasteiger partial charge in [0.25, 0.3) is 11.5 Å². The first-order valence-electron chi connectivity index (χ1n) is 10.9. The Morgan fingerprint density at radius 1 is 1.09 bits per heavy atom. The van der Waals surface area contributed by atoms with Gasteiger partial charge in [0.15, 0.2) is 4.96 Å². The number of thiazole rings is 1. The molecule has 0 atom stereocenters. The third kappa shape index (κ3) is 4.47. The van der Waals surface area contributed by atoms with Gasteiger partial charge < -0.3 is 10.1 Å². The van der Waals surface area contributed by atoms with Crippen molar-refractivity contribution in [3.8, 4) is 0 Å². The summed E-state index contributed by atoms with van der Waals surface area (Å²) in [5, 5.41) is 3.07. The number of hydrogen-bond acceptors (Lipinski definition) is 6. The van der Waals surface area contributed by atoms with Gasteiger partial charge in [0, 0.05) is 22.3 Å². The van der Waals surface area contributed by atoms with Crippen molar-refractivity contribution in [3.05, 3.63) is 97.4 Å². The lowest BCUT2D eigenvalue weighted by Crippen LogP contribution is -2.18. The van der Waals surface area contributed by atoms with Gasteiger partial charge >= 0.3 is 5.97 Å². The minimum atomic E-state index is -0.582. The third-order valence-electron chi connectivity index (χ3n) is 5.64. The highest BCUT2D eigenvalue weighted by atomic mass is 35.5. The predicted octanol–water partition coefficient (Wildman–Crippen LogP) is 4.90. The summed E-state index contributed by atoms with van der Waals surface area (Å²) in [6.07, 6.45) is 4.05. The van der Waals surface area contributed by atoms with E-state index in [2.05, 4.69) is 10.3 Å². The van der Waals surface area contributed by atoms with Crippen molar-refractivity contribution < 1.29 is 14.3 Å². The fourth-order valence-electron chi connectivity index (χ4n) is 4.01. The molecular formula is C25H20ClN3O4S. The quantitative estimate of drug-likeness (QED) is 0.399. The number of ether oxygens (including phenoxy) is 1. The first-order chi connectivity index (χ1) is 16.5. The van der Waals surface area contributed by atoms with E-state index in [0.29, 0.717) is 26.9 Å². The molecule has 172 valence electrons. The highest BCUT2D eigenvalue weighted by Crippen LogP contribution is 2.28. The number of benzene rings is 2. The Balaban J connectivity index is 1.29. The standard InChI is InChI=1S/C25H20ClN3O4S/c26-19-9-2-1-8-18(19)23(31)27-16-7-5-6-15(12-16)24(32)33-14-17-13-22(30)29-20-10-3-4-11-21(20)34-25(29)28-17/h1-2,5-9,12-13H,3-4,10-11,14H2,(H,27,31). The number of fused-ring (bicyclic) bond motifs is 3. The van der Waals surface area contributed by atoms with Crippen LogP contribution in [-0.2, 0) is 24.2 Å². The first kappa shape index (κ1) is 22.3. The maximum absolute atomic E-state index is 12.7. The minimum absolute atomic E-state index is 0.122. The second-order valence-corrected chi connectivity index (χ2v) is 9.44. The number of esters is 1. The number of halogens is 1. The van der Waals surface area contributed by atoms with E-state index in [1.165, 1.54) is 28.3 Å². The molecule has 1 aliphatic carbocycles. The van der Waals surface area contributed by atoms with Crippen molar-refractivity contribution in [2.75, 3.05) is 5.32 Å². The molecule has 2 heterocycles. The third-order valence-corrected chi connectivity index (χ3v) is 7.11. The molecule has 0 aliphatic heterocycles. The molecule has 2 aromatic carbocycles. The fourth-order valence-corrected chi connectivity index (χ4v) is 5.46. The number of carbonyl (C=O) groups is 2. The number of aryl methyl sites for hydroxylation is 2. The van der Waals surface area contributed by atoms with Gasteiger partial charge in [-0.25, -0.2) is 9.78 Å². The van der Waals surface area contributed by atoms with Gasteiger partial charge in [-0.15, -0.1) is 11.3 Å². The summed E-state index contributed by atoms with van der Waals surface area (Å²) in [5.41, 5.74) is 2.34. The molecule has 4 aromatic rings. The van der Waals surface area contributed by atoms with Crippen LogP contribution in [0, 0.1) is 0 Å². The van der Waals surface area contributed by atoms with Crippen LogP contribution < -0.4 is 10.9 Å². The zero-order valence-corrected chi connectivity index (χ0v) is 19.6. The molecule has 5 rings (SSSR count). The first-order valence-corrected chi connectivity index (χ1v) is 12.1. The van der Waals surface area contributed by atoms with Crippen LogP contribution in [0.4, 0.5) is 5.69 Å². The molecule has 9 heteroatoms. The van der Waals surface area contributed by atoms with Crippen LogP contribution in [0.1, 0.15) is 49.8 Å². The summed E-state index contributed by atoms with van der Waals surface area (Å²) in [6, 6.07) is 14.6. The molecule has 0 unspecified atom stereocenters. The molecule has 1 N–H and O–H groups in total. The predicted molar refractivity (Wildman–Crippen MR) is 131 cm³/mol. The Labute approximate surface area is 204 Å². The largest absolute Gasteiger partial charge is 0.456 e. The number of nitrogens with one attached hydrogen (secondary N) is 1. The van der Waals surface area contributed by atoms with Gasteiger partial charge in [-0.3, -0.25) is 14.0 Å². The van der Waals surface area contributed by atoms with Crippen molar-refractivity contribution in [1.82, 2.24) is 9.38 Å². The lowest BCUT2D eigenvalue weighted by molar-refractivity contribution is 0.0467. The monoisotopic (exact) mass is 493 g/mol. The van der Waals surface area contributed by atoms with Gasteiger partial charge in [-0.2, -0.15) is 0 Å². The van der Waals surface area contributed by atoms with Crippen molar-refractivity contribution in [2.45, 2.75) is 32.3 Å². The van der Waals surface area contributed by atoms with Crippen molar-refractivity contribution in [3.63, 3.8) is 0 Å². The summed E-state index contributed by atoms with van der Waals surface area (Å²) in [5.74, 6) is -0.964. The SMILES string of the molecule is O=C(OCc1cc(=O)n2c3c(sc2n1)CCCC3)c1cccc(NC(=O)c2ccccc2Cl)c1. The number of aromatic nitrogens is 2. The lowest BCUT2D eigenvalue weighted by atomic mass is 10.0. The van der Waals surface area contributed by atoms with Gasteiger partial charge in [0.1, 0.15) is 6.61 Å². The molecule has 0 saturated heterocycles. The molecule has 0 radical (unpaired) electrons. The molecule has 7 nitrogen and oxygen atoms in total. The highest BCUT2D eigenvalue weighted by Gasteiger charge is 2.19. The van der Waals surface area contributed by atoms with E-state index in [1.807, 2.05) is 0 Å². The second-order valence-electron chi connectivity index (χ2n) is 7.97. The maximum atomic E-state index is 12.7. The Morgan fingerprint density at radius 3 is 2.76 bits per heavy atom. The Bertz CT molecular complexity index is 1480. The van der Waals surface area contributed by atoms with Crippen LogP contribution in [0.5, 0.6) is 0 Å². The Hall–Kier alpha value is -3.49. The van der Waals surface area contributed by atoms with Crippen LogP contribution in [0.15, 0.2) is 59.4 Å². The zero-order valence-electron chi connectivity index (χ0n) is 18.0. The van der Waals surface area contributed by atoms with E-state index in [4.69, 9.17) is 16.3 Å². The summed E-state index contributed by atoms with van der Waals surface area (Å²) in [7, 11) is 0. The number of amides is 1. The number of rotatable bonds is 5. The van der Waals surface area contributed by atoms with Crippen LogP contribution in [-0.4, -0.2) is 21.3 Å². The summed E-state index contributed by atoms with van der Waals surface area (Å²) >= 11 is 7.61. The molecule has 1 amide bonds. The Kier molecular flexibility index (Phi) is 6.17. The average Bonchev–Trinajstić information content (AvgIpc) is 3.22. The highest BCUT2D eigenvalue weighted by molar-refractivity contribution is 7.17. The Morgan fingerprint density at radius 2 is 1.91 bits per heavy atom. The van der Waals surface area contributed by atoms with Crippen LogP contribution in [0.3, 0.4) is 0 Å². The van der Waals surface area contributed by atoms with E-state index >= 15 is 0 Å². The van der Waals surface area contributed by atoms with Crippen LogP contribution in [0.2, 0.25) is 5.02 Å². The topological polar surface area (TPSA) is 89.8 Å². The van der Waals surface area contributed by atoms with E-state index in [9.17, 15) is 14.4 Å². The van der Waals surface area contributed by atoms with Gasteiger partial charge in [0.05, 0.1) is 21.8 Å². The van der Waals surface area contributed by atoms with Gasteiger partial charge in [-0.1, -0.05) is 29.8 Å². The average molecular weight is 494 g/mol. The van der Waals surface area contributed by atoms with Crippen molar-refractivity contribution in [2.24, 2.45) is 0 Å². The fraction of sp³-hybridized carbons (Fsp3) is 0.200. The summed E-state index contributed by atoms with van der Waals surface area (Å²) in [6.45, 7) is -0.122.